The van der Waals surface area contributed by atoms with Crippen LogP contribution in [-0.4, -0.2) is 27.4 Å². The number of nitrogens with zero attached hydrogens (tertiary/aromatic N) is 2. The molecule has 1 unspecified atom stereocenters. The van der Waals surface area contributed by atoms with Crippen LogP contribution in [0.1, 0.15) is 32.0 Å². The second-order valence-corrected chi connectivity index (χ2v) is 5.26. The third kappa shape index (κ3) is 4.19. The van der Waals surface area contributed by atoms with Crippen LogP contribution in [-0.2, 0) is 23.0 Å². The van der Waals surface area contributed by atoms with E-state index in [0.29, 0.717) is 6.42 Å². The minimum Gasteiger partial charge on any atom is -0.459 e. The van der Waals surface area contributed by atoms with Crippen molar-refractivity contribution in [2.75, 3.05) is 0 Å². The average molecular weight is 239 g/mol. The summed E-state index contributed by atoms with van der Waals surface area (Å²) >= 11 is 0. The molecule has 5 nitrogen and oxygen atoms in total. The number of carbonyl (C=O) groups excluding carboxylic acids is 1. The SMILES string of the molecule is Cc1nn(C)cc1CC(N)C(=O)OC(C)(C)C. The number of hydrogen-bond donors (Lipinski definition) is 1. The lowest BCUT2D eigenvalue weighted by Gasteiger charge is -2.22. The number of aromatic nitrogens is 2. The fourth-order valence-electron chi connectivity index (χ4n) is 1.55. The molecule has 1 rings (SSSR count). The van der Waals surface area contributed by atoms with Gasteiger partial charge in [-0.15, -0.1) is 0 Å². The summed E-state index contributed by atoms with van der Waals surface area (Å²) in [7, 11) is 1.84. The first-order valence-electron chi connectivity index (χ1n) is 5.66. The molecule has 0 aliphatic rings. The Balaban J connectivity index is 2.63. The highest BCUT2D eigenvalue weighted by Gasteiger charge is 2.23. The Bertz CT molecular complexity index is 404. The monoisotopic (exact) mass is 239 g/mol. The lowest BCUT2D eigenvalue weighted by Crippen LogP contribution is -2.38. The predicted molar refractivity (Wildman–Crippen MR) is 65.5 cm³/mol. The molecule has 17 heavy (non-hydrogen) atoms. The number of hydrogen-bond acceptors (Lipinski definition) is 4. The third-order valence-electron chi connectivity index (χ3n) is 2.26. The van der Waals surface area contributed by atoms with Crippen molar-refractivity contribution in [1.29, 1.82) is 0 Å². The van der Waals surface area contributed by atoms with Gasteiger partial charge in [-0.25, -0.2) is 0 Å². The highest BCUT2D eigenvalue weighted by atomic mass is 16.6. The highest BCUT2D eigenvalue weighted by molar-refractivity contribution is 5.76. The van der Waals surface area contributed by atoms with Gasteiger partial charge in [0.15, 0.2) is 0 Å². The van der Waals surface area contributed by atoms with Crippen LogP contribution in [0.4, 0.5) is 0 Å². The van der Waals surface area contributed by atoms with Crippen molar-refractivity contribution in [3.63, 3.8) is 0 Å². The van der Waals surface area contributed by atoms with Crippen molar-refractivity contribution in [3.05, 3.63) is 17.5 Å². The summed E-state index contributed by atoms with van der Waals surface area (Å²) in [5, 5.41) is 4.21. The molecule has 1 aromatic rings. The van der Waals surface area contributed by atoms with Gasteiger partial charge in [0.2, 0.25) is 0 Å². The summed E-state index contributed by atoms with van der Waals surface area (Å²) in [6.45, 7) is 7.38. The van der Waals surface area contributed by atoms with Gasteiger partial charge < -0.3 is 10.5 Å². The van der Waals surface area contributed by atoms with Gasteiger partial charge in [0.1, 0.15) is 11.6 Å². The molecule has 0 fully saturated rings. The summed E-state index contributed by atoms with van der Waals surface area (Å²) in [6.07, 6.45) is 2.33. The van der Waals surface area contributed by atoms with Gasteiger partial charge in [0.25, 0.3) is 0 Å². The van der Waals surface area contributed by atoms with Gasteiger partial charge in [-0.05, 0) is 33.3 Å². The molecule has 0 amide bonds. The second-order valence-electron chi connectivity index (χ2n) is 5.26. The zero-order valence-electron chi connectivity index (χ0n) is 11.2. The van der Waals surface area contributed by atoms with Gasteiger partial charge in [-0.2, -0.15) is 5.10 Å². The first-order valence-corrected chi connectivity index (χ1v) is 5.66. The van der Waals surface area contributed by atoms with Crippen LogP contribution in [0.25, 0.3) is 0 Å². The van der Waals surface area contributed by atoms with Gasteiger partial charge in [0.05, 0.1) is 5.69 Å². The van der Waals surface area contributed by atoms with E-state index in [9.17, 15) is 4.79 Å². The van der Waals surface area contributed by atoms with E-state index in [1.165, 1.54) is 0 Å². The van der Waals surface area contributed by atoms with Crippen molar-refractivity contribution in [2.24, 2.45) is 12.8 Å². The molecule has 0 aliphatic carbocycles. The maximum absolute atomic E-state index is 11.7. The van der Waals surface area contributed by atoms with E-state index >= 15 is 0 Å². The first-order chi connectivity index (χ1) is 7.69. The Morgan fingerprint density at radius 3 is 2.59 bits per heavy atom. The van der Waals surface area contributed by atoms with E-state index < -0.39 is 11.6 Å². The zero-order chi connectivity index (χ0) is 13.2. The quantitative estimate of drug-likeness (QED) is 0.797. The molecule has 1 aromatic heterocycles. The normalized spacial score (nSPS) is 13.5. The number of rotatable bonds is 3. The lowest BCUT2D eigenvalue weighted by atomic mass is 10.1. The summed E-state index contributed by atoms with van der Waals surface area (Å²) < 4.78 is 6.94. The Labute approximate surface area is 102 Å². The molecule has 96 valence electrons. The highest BCUT2D eigenvalue weighted by Crippen LogP contribution is 2.11. The van der Waals surface area contributed by atoms with E-state index in [1.54, 1.807) is 4.68 Å². The number of ether oxygens (including phenoxy) is 1. The van der Waals surface area contributed by atoms with Crippen LogP contribution in [0, 0.1) is 6.92 Å². The molecule has 0 aliphatic heterocycles. The molecule has 0 radical (unpaired) electrons. The fraction of sp³-hybridized carbons (Fsp3) is 0.667. The smallest absolute Gasteiger partial charge is 0.323 e. The standard InChI is InChI=1S/C12H21N3O2/c1-8-9(7-15(5)14-8)6-10(13)11(16)17-12(2,3)4/h7,10H,6,13H2,1-5H3. The molecule has 5 heteroatoms. The maximum Gasteiger partial charge on any atom is 0.323 e. The van der Waals surface area contributed by atoms with Crippen LogP contribution in [0.5, 0.6) is 0 Å². The molecular formula is C12H21N3O2. The Kier molecular flexibility index (Phi) is 3.93. The van der Waals surface area contributed by atoms with E-state index in [1.807, 2.05) is 40.9 Å². The predicted octanol–water partition coefficient (Wildman–Crippen LogP) is 0.940. The van der Waals surface area contributed by atoms with Crippen LogP contribution in [0.3, 0.4) is 0 Å². The molecule has 0 bridgehead atoms. The summed E-state index contributed by atoms with van der Waals surface area (Å²) in [5.74, 6) is -0.374. The van der Waals surface area contributed by atoms with Crippen molar-refractivity contribution >= 4 is 5.97 Å². The van der Waals surface area contributed by atoms with Crippen LogP contribution >= 0.6 is 0 Å². The molecule has 0 aromatic carbocycles. The third-order valence-corrected chi connectivity index (χ3v) is 2.26. The van der Waals surface area contributed by atoms with Crippen molar-refractivity contribution < 1.29 is 9.53 Å². The minimum absolute atomic E-state index is 0.374. The average Bonchev–Trinajstić information content (AvgIpc) is 2.42. The summed E-state index contributed by atoms with van der Waals surface area (Å²) in [5.41, 5.74) is 7.19. The lowest BCUT2D eigenvalue weighted by molar-refractivity contribution is -0.156. The van der Waals surface area contributed by atoms with E-state index in [4.69, 9.17) is 10.5 Å². The minimum atomic E-state index is -0.642. The van der Waals surface area contributed by atoms with Crippen molar-refractivity contribution in [2.45, 2.75) is 45.8 Å². The molecule has 0 saturated heterocycles. The van der Waals surface area contributed by atoms with E-state index in [2.05, 4.69) is 5.10 Å². The van der Waals surface area contributed by atoms with Gasteiger partial charge in [-0.1, -0.05) is 0 Å². The van der Waals surface area contributed by atoms with Crippen LogP contribution in [0.15, 0.2) is 6.20 Å². The largest absolute Gasteiger partial charge is 0.459 e. The molecule has 0 spiro atoms. The summed E-state index contributed by atoms with van der Waals surface area (Å²) in [4.78, 5) is 11.7. The summed E-state index contributed by atoms with van der Waals surface area (Å²) in [6, 6.07) is -0.642. The number of carbonyl (C=O) groups is 1. The molecule has 1 atom stereocenters. The number of aryl methyl sites for hydroxylation is 2. The Morgan fingerprint density at radius 1 is 1.59 bits per heavy atom. The molecule has 1 heterocycles. The first kappa shape index (κ1) is 13.7. The van der Waals surface area contributed by atoms with Crippen LogP contribution < -0.4 is 5.73 Å². The second kappa shape index (κ2) is 4.87. The maximum atomic E-state index is 11.7. The zero-order valence-corrected chi connectivity index (χ0v) is 11.2. The fourth-order valence-corrected chi connectivity index (χ4v) is 1.55. The van der Waals surface area contributed by atoms with Gasteiger partial charge in [0, 0.05) is 19.7 Å². The van der Waals surface area contributed by atoms with Gasteiger partial charge in [-0.3, -0.25) is 9.48 Å². The Morgan fingerprint density at radius 2 is 2.18 bits per heavy atom. The van der Waals surface area contributed by atoms with Crippen molar-refractivity contribution in [3.8, 4) is 0 Å². The Hall–Kier alpha value is -1.36. The topological polar surface area (TPSA) is 70.1 Å². The van der Waals surface area contributed by atoms with Crippen LogP contribution in [0.2, 0.25) is 0 Å². The number of nitrogens with two attached hydrogens (primary N) is 1. The molecule has 0 saturated carbocycles. The number of esters is 1. The van der Waals surface area contributed by atoms with Gasteiger partial charge >= 0.3 is 5.97 Å². The molecule has 2 N–H and O–H groups in total. The molecular weight excluding hydrogens is 218 g/mol. The van der Waals surface area contributed by atoms with Crippen molar-refractivity contribution in [1.82, 2.24) is 9.78 Å². The van der Waals surface area contributed by atoms with E-state index in [-0.39, 0.29) is 5.97 Å². The van der Waals surface area contributed by atoms with E-state index in [0.717, 1.165) is 11.3 Å².